The van der Waals surface area contributed by atoms with Crippen LogP contribution >= 0.6 is 11.8 Å². The van der Waals surface area contributed by atoms with Crippen molar-refractivity contribution in [3.63, 3.8) is 0 Å². The Morgan fingerprint density at radius 1 is 1.17 bits per heavy atom. The van der Waals surface area contributed by atoms with Crippen molar-refractivity contribution in [3.05, 3.63) is 0 Å². The number of hydrogen-bond donors (Lipinski definition) is 5. The molecule has 0 rings (SSSR count). The molecule has 0 aromatic carbocycles. The monoisotopic (exact) mass is 363 g/mol. The molecule has 0 heterocycles. The quantitative estimate of drug-likeness (QED) is 0.267. The summed E-state index contributed by atoms with van der Waals surface area (Å²) in [7, 11) is 0. The number of carboxylic acid groups (broad SMARTS) is 2. The zero-order chi connectivity index (χ0) is 18.7. The Kier molecular flexibility index (Phi) is 10.4. The number of thioether (sulfide) groups is 1. The van der Waals surface area contributed by atoms with Gasteiger partial charge in [-0.1, -0.05) is 0 Å². The summed E-state index contributed by atoms with van der Waals surface area (Å²) in [4.78, 5) is 55.7. The third kappa shape index (κ3) is 10.6. The van der Waals surface area contributed by atoms with Crippen molar-refractivity contribution < 1.29 is 34.2 Å². The third-order valence-corrected chi connectivity index (χ3v) is 3.83. The van der Waals surface area contributed by atoms with Crippen molar-refractivity contribution in [1.82, 2.24) is 10.6 Å². The van der Waals surface area contributed by atoms with Crippen molar-refractivity contribution in [1.29, 1.82) is 0 Å². The number of rotatable bonds is 12. The SMILES string of the molecule is CC(=O)CSC[C@@H](NC(=O)CC[C@H](N)C(=O)O)C(=O)NCC(=O)O. The highest BCUT2D eigenvalue weighted by atomic mass is 32.2. The van der Waals surface area contributed by atoms with Crippen LogP contribution in [0.15, 0.2) is 0 Å². The van der Waals surface area contributed by atoms with Crippen molar-refractivity contribution in [3.8, 4) is 0 Å². The summed E-state index contributed by atoms with van der Waals surface area (Å²) in [6.07, 6.45) is -0.307. The van der Waals surface area contributed by atoms with Crippen LogP contribution in [0.25, 0.3) is 0 Å². The molecule has 0 aliphatic heterocycles. The fraction of sp³-hybridized carbons (Fsp3) is 0.615. The molecule has 6 N–H and O–H groups in total. The summed E-state index contributed by atoms with van der Waals surface area (Å²) >= 11 is 1.11. The highest BCUT2D eigenvalue weighted by molar-refractivity contribution is 8.00. The van der Waals surface area contributed by atoms with Gasteiger partial charge in [0.15, 0.2) is 0 Å². The maximum atomic E-state index is 11.9. The molecule has 0 aliphatic rings. The van der Waals surface area contributed by atoms with E-state index in [1.807, 2.05) is 0 Å². The van der Waals surface area contributed by atoms with Gasteiger partial charge in [-0.3, -0.25) is 24.0 Å². The molecule has 0 bridgehead atoms. The average Bonchev–Trinajstić information content (AvgIpc) is 2.48. The van der Waals surface area contributed by atoms with Gasteiger partial charge in [-0.05, 0) is 13.3 Å². The first-order valence-electron chi connectivity index (χ1n) is 6.98. The van der Waals surface area contributed by atoms with Gasteiger partial charge >= 0.3 is 11.9 Å². The Morgan fingerprint density at radius 3 is 2.29 bits per heavy atom. The molecule has 24 heavy (non-hydrogen) atoms. The lowest BCUT2D eigenvalue weighted by Crippen LogP contribution is -2.49. The van der Waals surface area contributed by atoms with E-state index in [2.05, 4.69) is 10.6 Å². The first-order valence-corrected chi connectivity index (χ1v) is 8.13. The topological polar surface area (TPSA) is 176 Å². The first kappa shape index (κ1) is 21.9. The Hall–Kier alpha value is -2.14. The van der Waals surface area contributed by atoms with Crippen LogP contribution in [0.3, 0.4) is 0 Å². The van der Waals surface area contributed by atoms with Gasteiger partial charge in [0.2, 0.25) is 11.8 Å². The Balaban J connectivity index is 4.57. The largest absolute Gasteiger partial charge is 0.480 e. The Bertz CT molecular complexity index is 498. The van der Waals surface area contributed by atoms with Crippen LogP contribution in [0.2, 0.25) is 0 Å². The van der Waals surface area contributed by atoms with Crippen molar-refractivity contribution >= 4 is 41.3 Å². The second-order valence-electron chi connectivity index (χ2n) is 4.93. The predicted octanol–water partition coefficient (Wildman–Crippen LogP) is -1.81. The van der Waals surface area contributed by atoms with E-state index in [0.29, 0.717) is 0 Å². The summed E-state index contributed by atoms with van der Waals surface area (Å²) in [5, 5.41) is 21.7. The number of Topliss-reactive ketones (excluding diaryl/α,β-unsaturated/α-hetero) is 1. The molecule has 10 nitrogen and oxygen atoms in total. The number of aliphatic carboxylic acids is 2. The normalized spacial score (nSPS) is 12.8. The minimum absolute atomic E-state index is 0.0712. The first-order chi connectivity index (χ1) is 11.1. The summed E-state index contributed by atoms with van der Waals surface area (Å²) in [5.41, 5.74) is 5.28. The molecule has 0 radical (unpaired) electrons. The number of amides is 2. The zero-order valence-corrected chi connectivity index (χ0v) is 13.9. The van der Waals surface area contributed by atoms with Crippen LogP contribution in [0, 0.1) is 0 Å². The van der Waals surface area contributed by atoms with E-state index in [1.54, 1.807) is 0 Å². The zero-order valence-electron chi connectivity index (χ0n) is 13.1. The highest BCUT2D eigenvalue weighted by Gasteiger charge is 2.22. The van der Waals surface area contributed by atoms with Crippen molar-refractivity contribution in [2.24, 2.45) is 5.73 Å². The molecular weight excluding hydrogens is 342 g/mol. The Labute approximate surface area is 142 Å². The van der Waals surface area contributed by atoms with Gasteiger partial charge in [-0.15, -0.1) is 0 Å². The van der Waals surface area contributed by atoms with Crippen LogP contribution in [0.4, 0.5) is 0 Å². The predicted molar refractivity (Wildman–Crippen MR) is 85.4 cm³/mol. The van der Waals surface area contributed by atoms with Gasteiger partial charge < -0.3 is 26.6 Å². The lowest BCUT2D eigenvalue weighted by Gasteiger charge is -2.18. The van der Waals surface area contributed by atoms with E-state index >= 15 is 0 Å². The fourth-order valence-corrected chi connectivity index (χ4v) is 2.34. The van der Waals surface area contributed by atoms with Crippen LogP contribution in [-0.2, 0) is 24.0 Å². The molecule has 0 saturated carbocycles. The molecule has 0 aromatic rings. The van der Waals surface area contributed by atoms with Crippen LogP contribution in [-0.4, -0.2) is 69.9 Å². The van der Waals surface area contributed by atoms with Crippen LogP contribution in [0.5, 0.6) is 0 Å². The Morgan fingerprint density at radius 2 is 1.79 bits per heavy atom. The molecule has 2 amide bonds. The fourth-order valence-electron chi connectivity index (χ4n) is 1.47. The summed E-state index contributed by atoms with van der Waals surface area (Å²) in [6, 6.07) is -2.23. The summed E-state index contributed by atoms with van der Waals surface area (Å²) in [6.45, 7) is 0.769. The molecule has 0 saturated heterocycles. The van der Waals surface area contributed by atoms with Crippen LogP contribution in [0.1, 0.15) is 19.8 Å². The number of nitrogens with two attached hydrogens (primary N) is 1. The van der Waals surface area contributed by atoms with E-state index in [-0.39, 0.29) is 30.1 Å². The van der Waals surface area contributed by atoms with E-state index < -0.39 is 42.4 Å². The molecule has 0 aliphatic carbocycles. The number of carbonyl (C=O) groups excluding carboxylic acids is 3. The second kappa shape index (κ2) is 11.4. The van der Waals surface area contributed by atoms with Gasteiger partial charge in [-0.2, -0.15) is 11.8 Å². The van der Waals surface area contributed by atoms with Crippen molar-refractivity contribution in [2.75, 3.05) is 18.1 Å². The number of nitrogens with one attached hydrogen (secondary N) is 2. The van der Waals surface area contributed by atoms with Gasteiger partial charge in [-0.25, -0.2) is 0 Å². The second-order valence-corrected chi connectivity index (χ2v) is 5.96. The molecule has 2 atom stereocenters. The van der Waals surface area contributed by atoms with Crippen molar-refractivity contribution in [2.45, 2.75) is 31.8 Å². The average molecular weight is 363 g/mol. The minimum atomic E-state index is -1.24. The van der Waals surface area contributed by atoms with E-state index in [4.69, 9.17) is 15.9 Å². The minimum Gasteiger partial charge on any atom is -0.480 e. The van der Waals surface area contributed by atoms with Gasteiger partial charge in [0.25, 0.3) is 0 Å². The smallest absolute Gasteiger partial charge is 0.322 e. The molecule has 0 fully saturated rings. The maximum absolute atomic E-state index is 11.9. The molecule has 136 valence electrons. The molecule has 0 unspecified atom stereocenters. The standard InChI is InChI=1S/C13H21N3O7S/c1-7(17)5-24-6-9(12(21)15-4-11(19)20)16-10(18)3-2-8(14)13(22)23/h8-9H,2-6,14H2,1H3,(H,15,21)(H,16,18)(H,19,20)(H,22,23)/t8-,9+/m0/s1. The lowest BCUT2D eigenvalue weighted by atomic mass is 10.1. The molecule has 11 heteroatoms. The summed E-state index contributed by atoms with van der Waals surface area (Å²) in [5.74, 6) is -3.67. The number of carbonyl (C=O) groups is 5. The van der Waals surface area contributed by atoms with E-state index in [1.165, 1.54) is 6.92 Å². The molecule has 0 aromatic heterocycles. The van der Waals surface area contributed by atoms with Gasteiger partial charge in [0, 0.05) is 12.2 Å². The van der Waals surface area contributed by atoms with E-state index in [0.717, 1.165) is 11.8 Å². The van der Waals surface area contributed by atoms with Crippen LogP contribution < -0.4 is 16.4 Å². The number of carboxylic acids is 2. The van der Waals surface area contributed by atoms with Gasteiger partial charge in [0.1, 0.15) is 24.4 Å². The maximum Gasteiger partial charge on any atom is 0.322 e. The molecule has 0 spiro atoms. The third-order valence-electron chi connectivity index (χ3n) is 2.65. The van der Waals surface area contributed by atoms with Gasteiger partial charge in [0.05, 0.1) is 5.75 Å². The highest BCUT2D eigenvalue weighted by Crippen LogP contribution is 2.05. The lowest BCUT2D eigenvalue weighted by molar-refractivity contribution is -0.139. The molecular formula is C13H21N3O7S. The number of hydrogen-bond acceptors (Lipinski definition) is 7. The summed E-state index contributed by atoms with van der Waals surface area (Å²) < 4.78 is 0. The van der Waals surface area contributed by atoms with E-state index in [9.17, 15) is 24.0 Å². The number of ketones is 1.